The van der Waals surface area contributed by atoms with Crippen molar-refractivity contribution in [3.63, 3.8) is 0 Å². The van der Waals surface area contributed by atoms with Crippen LogP contribution in [0.15, 0.2) is 42.5 Å². The van der Waals surface area contributed by atoms with Crippen LogP contribution in [-0.2, 0) is 4.79 Å². The SMILES string of the molecule is CCOc1cc(NNC(=O)CNc2ccc(C(=N)N)cc2)ccc1OC(C)C. The Morgan fingerprint density at radius 3 is 2.39 bits per heavy atom. The number of hydrogen-bond acceptors (Lipinski definition) is 6. The molecular weight excluding hydrogens is 358 g/mol. The molecule has 150 valence electrons. The molecule has 8 heteroatoms. The monoisotopic (exact) mass is 385 g/mol. The molecule has 0 spiro atoms. The Hall–Kier alpha value is -3.42. The van der Waals surface area contributed by atoms with Gasteiger partial charge in [-0.05, 0) is 57.2 Å². The van der Waals surface area contributed by atoms with Gasteiger partial charge >= 0.3 is 0 Å². The van der Waals surface area contributed by atoms with Crippen LogP contribution in [0.25, 0.3) is 0 Å². The fourth-order valence-electron chi connectivity index (χ4n) is 2.34. The fraction of sp³-hybridized carbons (Fsp3) is 0.300. The van der Waals surface area contributed by atoms with Gasteiger partial charge < -0.3 is 20.5 Å². The van der Waals surface area contributed by atoms with Crippen molar-refractivity contribution < 1.29 is 14.3 Å². The van der Waals surface area contributed by atoms with Gasteiger partial charge in [0.2, 0.25) is 0 Å². The van der Waals surface area contributed by atoms with Crippen molar-refractivity contribution in [1.29, 1.82) is 5.41 Å². The number of nitrogens with one attached hydrogen (secondary N) is 4. The lowest BCUT2D eigenvalue weighted by atomic mass is 10.2. The molecule has 28 heavy (non-hydrogen) atoms. The van der Waals surface area contributed by atoms with Crippen LogP contribution < -0.4 is 31.4 Å². The molecule has 0 aromatic heterocycles. The third kappa shape index (κ3) is 6.39. The van der Waals surface area contributed by atoms with Crippen LogP contribution in [0.2, 0.25) is 0 Å². The number of amidine groups is 1. The molecule has 0 atom stereocenters. The summed E-state index contributed by atoms with van der Waals surface area (Å²) in [5, 5.41) is 10.4. The van der Waals surface area contributed by atoms with Gasteiger partial charge in [0, 0.05) is 17.3 Å². The summed E-state index contributed by atoms with van der Waals surface area (Å²) in [6.45, 7) is 6.39. The van der Waals surface area contributed by atoms with Crippen LogP contribution in [0.4, 0.5) is 11.4 Å². The quantitative estimate of drug-likeness (QED) is 0.244. The second-order valence-corrected chi connectivity index (χ2v) is 6.28. The van der Waals surface area contributed by atoms with Crippen molar-refractivity contribution in [3.05, 3.63) is 48.0 Å². The predicted molar refractivity (Wildman–Crippen MR) is 111 cm³/mol. The van der Waals surface area contributed by atoms with Gasteiger partial charge in [-0.25, -0.2) is 0 Å². The average molecular weight is 385 g/mol. The third-order valence-electron chi connectivity index (χ3n) is 3.60. The van der Waals surface area contributed by atoms with Crippen LogP contribution in [0.1, 0.15) is 26.3 Å². The van der Waals surface area contributed by atoms with Crippen LogP contribution >= 0.6 is 0 Å². The Morgan fingerprint density at radius 2 is 1.79 bits per heavy atom. The second kappa shape index (κ2) is 10.1. The van der Waals surface area contributed by atoms with E-state index in [1.807, 2.05) is 20.8 Å². The topological polar surface area (TPSA) is 121 Å². The van der Waals surface area contributed by atoms with Crippen molar-refractivity contribution >= 4 is 23.1 Å². The van der Waals surface area contributed by atoms with Gasteiger partial charge in [0.1, 0.15) is 5.84 Å². The Labute approximate surface area is 164 Å². The summed E-state index contributed by atoms with van der Waals surface area (Å²) in [7, 11) is 0. The highest BCUT2D eigenvalue weighted by Gasteiger charge is 2.09. The zero-order chi connectivity index (χ0) is 20.5. The van der Waals surface area contributed by atoms with Crippen molar-refractivity contribution in [3.8, 4) is 11.5 Å². The summed E-state index contributed by atoms with van der Waals surface area (Å²) >= 11 is 0. The number of nitrogen functional groups attached to an aromatic ring is 1. The van der Waals surface area contributed by atoms with E-state index in [-0.39, 0.29) is 24.4 Å². The maximum atomic E-state index is 12.0. The number of carbonyl (C=O) groups excluding carboxylic acids is 1. The number of carbonyl (C=O) groups is 1. The van der Waals surface area contributed by atoms with Crippen LogP contribution in [0, 0.1) is 5.41 Å². The minimum absolute atomic E-state index is 0.00438. The summed E-state index contributed by atoms with van der Waals surface area (Å²) < 4.78 is 11.3. The summed E-state index contributed by atoms with van der Waals surface area (Å²) in [5.41, 5.74) is 13.0. The van der Waals surface area contributed by atoms with Gasteiger partial charge in [0.15, 0.2) is 11.5 Å². The van der Waals surface area contributed by atoms with Crippen LogP contribution in [-0.4, -0.2) is 31.0 Å². The van der Waals surface area contributed by atoms with E-state index in [1.165, 1.54) is 0 Å². The predicted octanol–water partition coefficient (Wildman–Crippen LogP) is 2.71. The minimum atomic E-state index is -0.240. The van der Waals surface area contributed by atoms with Crippen molar-refractivity contribution in [2.45, 2.75) is 26.9 Å². The van der Waals surface area contributed by atoms with E-state index in [4.69, 9.17) is 20.6 Å². The van der Waals surface area contributed by atoms with E-state index < -0.39 is 0 Å². The molecule has 0 fully saturated rings. The summed E-state index contributed by atoms with van der Waals surface area (Å²) in [6.07, 6.45) is 0.0355. The van der Waals surface area contributed by atoms with E-state index in [0.29, 0.717) is 29.4 Å². The van der Waals surface area contributed by atoms with E-state index in [2.05, 4.69) is 16.2 Å². The van der Waals surface area contributed by atoms with Crippen molar-refractivity contribution in [1.82, 2.24) is 5.43 Å². The molecule has 0 saturated heterocycles. The lowest BCUT2D eigenvalue weighted by molar-refractivity contribution is -0.118. The molecule has 0 aliphatic rings. The zero-order valence-corrected chi connectivity index (χ0v) is 16.3. The maximum absolute atomic E-state index is 12.0. The number of amides is 1. The normalized spacial score (nSPS) is 10.3. The van der Waals surface area contributed by atoms with Gasteiger partial charge in [0.25, 0.3) is 5.91 Å². The number of hydrogen-bond donors (Lipinski definition) is 5. The van der Waals surface area contributed by atoms with E-state index in [9.17, 15) is 4.79 Å². The van der Waals surface area contributed by atoms with E-state index in [0.717, 1.165) is 5.69 Å². The molecule has 2 aromatic rings. The fourth-order valence-corrected chi connectivity index (χ4v) is 2.34. The maximum Gasteiger partial charge on any atom is 0.257 e. The molecule has 0 radical (unpaired) electrons. The van der Waals surface area contributed by atoms with Crippen molar-refractivity contribution in [2.24, 2.45) is 5.73 Å². The largest absolute Gasteiger partial charge is 0.490 e. The van der Waals surface area contributed by atoms with E-state index >= 15 is 0 Å². The molecule has 2 rings (SSSR count). The zero-order valence-electron chi connectivity index (χ0n) is 16.3. The molecule has 6 N–H and O–H groups in total. The highest BCUT2D eigenvalue weighted by molar-refractivity contribution is 5.95. The first-order valence-corrected chi connectivity index (χ1v) is 9.05. The first-order chi connectivity index (χ1) is 13.4. The molecule has 0 bridgehead atoms. The van der Waals surface area contributed by atoms with Crippen LogP contribution in [0.3, 0.4) is 0 Å². The number of ether oxygens (including phenoxy) is 2. The van der Waals surface area contributed by atoms with Gasteiger partial charge in [-0.1, -0.05) is 0 Å². The molecule has 0 aliphatic heterocycles. The smallest absolute Gasteiger partial charge is 0.257 e. The number of nitrogens with two attached hydrogens (primary N) is 1. The molecular formula is C20H27N5O3. The molecule has 1 amide bonds. The van der Waals surface area contributed by atoms with Gasteiger partial charge in [-0.15, -0.1) is 0 Å². The Morgan fingerprint density at radius 1 is 1.11 bits per heavy atom. The number of benzene rings is 2. The minimum Gasteiger partial charge on any atom is -0.490 e. The number of rotatable bonds is 10. The number of hydrazine groups is 1. The lowest BCUT2D eigenvalue weighted by Gasteiger charge is -2.16. The van der Waals surface area contributed by atoms with E-state index in [1.54, 1.807) is 42.5 Å². The summed E-state index contributed by atoms with van der Waals surface area (Å²) in [4.78, 5) is 12.0. The molecule has 8 nitrogen and oxygen atoms in total. The van der Waals surface area contributed by atoms with Crippen LogP contribution in [0.5, 0.6) is 11.5 Å². The second-order valence-electron chi connectivity index (χ2n) is 6.28. The Balaban J connectivity index is 1.87. The first kappa shape index (κ1) is 20.9. The molecule has 0 saturated carbocycles. The number of anilines is 2. The molecule has 0 unspecified atom stereocenters. The molecule has 0 aliphatic carbocycles. The molecule has 0 heterocycles. The van der Waals surface area contributed by atoms with Gasteiger partial charge in [-0.3, -0.25) is 21.1 Å². The average Bonchev–Trinajstić information content (AvgIpc) is 2.66. The first-order valence-electron chi connectivity index (χ1n) is 9.05. The summed E-state index contributed by atoms with van der Waals surface area (Å²) in [6, 6.07) is 12.3. The standard InChI is InChI=1S/C20H27N5O3/c1-4-27-18-11-16(9-10-17(18)28-13(2)3)24-25-19(26)12-23-15-7-5-14(6-8-15)20(21)22/h5-11,13,23-24H,4,12H2,1-3H3,(H3,21,22)(H,25,26). The highest BCUT2D eigenvalue weighted by Crippen LogP contribution is 2.31. The third-order valence-corrected chi connectivity index (χ3v) is 3.60. The van der Waals surface area contributed by atoms with Gasteiger partial charge in [0.05, 0.1) is 24.9 Å². The lowest BCUT2D eigenvalue weighted by Crippen LogP contribution is -2.34. The molecule has 2 aromatic carbocycles. The highest BCUT2D eigenvalue weighted by atomic mass is 16.5. The Kier molecular flexibility index (Phi) is 7.50. The van der Waals surface area contributed by atoms with Gasteiger partial charge in [-0.2, -0.15) is 0 Å². The Bertz CT molecular complexity index is 806. The van der Waals surface area contributed by atoms with Crippen molar-refractivity contribution in [2.75, 3.05) is 23.9 Å². The summed E-state index contributed by atoms with van der Waals surface area (Å²) in [5.74, 6) is 1.03.